The molecule has 6 heteroatoms. The van der Waals surface area contributed by atoms with E-state index in [0.29, 0.717) is 28.6 Å². The first-order valence-corrected chi connectivity index (χ1v) is 10.1. The maximum atomic E-state index is 12.6. The second kappa shape index (κ2) is 9.31. The minimum Gasteiger partial charge on any atom is -0.493 e. The molecule has 4 aromatic rings. The zero-order chi connectivity index (χ0) is 22.5. The van der Waals surface area contributed by atoms with Crippen LogP contribution in [0.2, 0.25) is 0 Å². The first-order valence-electron chi connectivity index (χ1n) is 10.1. The van der Waals surface area contributed by atoms with Crippen LogP contribution in [0.1, 0.15) is 21.5 Å². The van der Waals surface area contributed by atoms with Crippen molar-refractivity contribution in [2.24, 2.45) is 0 Å². The van der Waals surface area contributed by atoms with Crippen LogP contribution in [0.5, 0.6) is 17.4 Å². The van der Waals surface area contributed by atoms with E-state index in [1.165, 1.54) is 6.33 Å². The number of para-hydroxylation sites is 2. The van der Waals surface area contributed by atoms with Crippen molar-refractivity contribution >= 4 is 11.6 Å². The fourth-order valence-corrected chi connectivity index (χ4v) is 3.41. The van der Waals surface area contributed by atoms with E-state index < -0.39 is 0 Å². The van der Waals surface area contributed by atoms with Crippen molar-refractivity contribution in [2.75, 3.05) is 12.4 Å². The monoisotopic (exact) mass is 425 g/mol. The van der Waals surface area contributed by atoms with Crippen molar-refractivity contribution in [3.63, 3.8) is 0 Å². The van der Waals surface area contributed by atoms with Gasteiger partial charge in [-0.15, -0.1) is 0 Å². The average molecular weight is 425 g/mol. The lowest BCUT2D eigenvalue weighted by molar-refractivity contribution is 0.102. The number of nitrogens with one attached hydrogen (secondary N) is 1. The summed E-state index contributed by atoms with van der Waals surface area (Å²) in [6.07, 6.45) is 1.45. The van der Waals surface area contributed by atoms with Gasteiger partial charge in [-0.3, -0.25) is 4.79 Å². The van der Waals surface area contributed by atoms with Crippen molar-refractivity contribution in [1.29, 1.82) is 0 Å². The Labute approximate surface area is 186 Å². The molecule has 6 nitrogen and oxygen atoms in total. The topological polar surface area (TPSA) is 73.3 Å². The van der Waals surface area contributed by atoms with Crippen LogP contribution in [0.3, 0.4) is 0 Å². The number of hydrogen-bond acceptors (Lipinski definition) is 5. The molecule has 4 rings (SSSR count). The lowest BCUT2D eigenvalue weighted by Crippen LogP contribution is -2.12. The SMILES string of the molecule is COc1ccccc1Oc1cc(-c2ccc(C(=O)Nc3cc(C)cc(C)c3)cc2)ncn1. The Hall–Kier alpha value is -4.19. The number of methoxy groups -OCH3 is 1. The zero-order valence-electron chi connectivity index (χ0n) is 18.1. The third-order valence-electron chi connectivity index (χ3n) is 4.85. The molecule has 1 N–H and O–H groups in total. The van der Waals surface area contributed by atoms with Gasteiger partial charge in [0.25, 0.3) is 5.91 Å². The average Bonchev–Trinajstić information content (AvgIpc) is 2.79. The lowest BCUT2D eigenvalue weighted by atomic mass is 10.1. The van der Waals surface area contributed by atoms with Gasteiger partial charge in [0.1, 0.15) is 6.33 Å². The molecule has 0 atom stereocenters. The van der Waals surface area contributed by atoms with Gasteiger partial charge in [0.2, 0.25) is 5.88 Å². The zero-order valence-corrected chi connectivity index (χ0v) is 18.1. The van der Waals surface area contributed by atoms with Crippen LogP contribution < -0.4 is 14.8 Å². The van der Waals surface area contributed by atoms with Crippen molar-refractivity contribution in [1.82, 2.24) is 9.97 Å². The molecule has 3 aromatic carbocycles. The molecule has 0 fully saturated rings. The summed E-state index contributed by atoms with van der Waals surface area (Å²) in [6.45, 7) is 4.01. The van der Waals surface area contributed by atoms with Gasteiger partial charge < -0.3 is 14.8 Å². The van der Waals surface area contributed by atoms with E-state index in [-0.39, 0.29) is 5.91 Å². The number of carbonyl (C=O) groups is 1. The minimum absolute atomic E-state index is 0.163. The first-order chi connectivity index (χ1) is 15.5. The Kier molecular flexibility index (Phi) is 6.12. The van der Waals surface area contributed by atoms with E-state index in [4.69, 9.17) is 9.47 Å². The number of nitrogens with zero attached hydrogens (tertiary/aromatic N) is 2. The summed E-state index contributed by atoms with van der Waals surface area (Å²) in [5, 5.41) is 2.95. The number of amides is 1. The van der Waals surface area contributed by atoms with Gasteiger partial charge in [0.05, 0.1) is 12.8 Å². The van der Waals surface area contributed by atoms with Crippen molar-refractivity contribution in [3.05, 3.63) is 95.8 Å². The Balaban J connectivity index is 1.50. The Morgan fingerprint density at radius 3 is 2.22 bits per heavy atom. The van der Waals surface area contributed by atoms with Gasteiger partial charge in [-0.2, -0.15) is 0 Å². The summed E-state index contributed by atoms with van der Waals surface area (Å²) in [4.78, 5) is 21.2. The van der Waals surface area contributed by atoms with E-state index in [1.807, 2.05) is 62.4 Å². The van der Waals surface area contributed by atoms with Crippen molar-refractivity contribution in [2.45, 2.75) is 13.8 Å². The van der Waals surface area contributed by atoms with Gasteiger partial charge in [-0.1, -0.05) is 30.3 Å². The molecule has 0 aliphatic heterocycles. The van der Waals surface area contributed by atoms with E-state index >= 15 is 0 Å². The maximum Gasteiger partial charge on any atom is 0.255 e. The van der Waals surface area contributed by atoms with Crippen LogP contribution in [0.25, 0.3) is 11.3 Å². The molecule has 1 heterocycles. The van der Waals surface area contributed by atoms with E-state index in [1.54, 1.807) is 25.3 Å². The molecule has 0 bridgehead atoms. The molecule has 0 unspecified atom stereocenters. The highest BCUT2D eigenvalue weighted by Gasteiger charge is 2.10. The third-order valence-corrected chi connectivity index (χ3v) is 4.85. The molecule has 1 aromatic heterocycles. The van der Waals surface area contributed by atoms with E-state index in [2.05, 4.69) is 21.4 Å². The molecule has 0 saturated heterocycles. The van der Waals surface area contributed by atoms with E-state index in [0.717, 1.165) is 22.4 Å². The highest BCUT2D eigenvalue weighted by molar-refractivity contribution is 6.04. The Morgan fingerprint density at radius 1 is 0.844 bits per heavy atom. The van der Waals surface area contributed by atoms with Crippen molar-refractivity contribution < 1.29 is 14.3 Å². The first kappa shape index (κ1) is 21.1. The van der Waals surface area contributed by atoms with Crippen LogP contribution in [0.4, 0.5) is 5.69 Å². The van der Waals surface area contributed by atoms with E-state index in [9.17, 15) is 4.79 Å². The molecule has 0 radical (unpaired) electrons. The number of rotatable bonds is 6. The summed E-state index contributed by atoms with van der Waals surface area (Å²) >= 11 is 0. The van der Waals surface area contributed by atoms with Crippen LogP contribution in [-0.2, 0) is 0 Å². The largest absolute Gasteiger partial charge is 0.493 e. The van der Waals surface area contributed by atoms with Crippen LogP contribution in [-0.4, -0.2) is 23.0 Å². The quantitative estimate of drug-likeness (QED) is 0.422. The molecule has 32 heavy (non-hydrogen) atoms. The summed E-state index contributed by atoms with van der Waals surface area (Å²) < 4.78 is 11.2. The molecule has 1 amide bonds. The lowest BCUT2D eigenvalue weighted by Gasteiger charge is -2.10. The third kappa shape index (κ3) is 4.92. The number of anilines is 1. The standard InChI is InChI=1S/C26H23N3O3/c1-17-12-18(2)14-21(13-17)29-26(30)20-10-8-19(9-11-20)22-15-25(28-16-27-22)32-24-7-5-4-6-23(24)31-3/h4-16H,1-3H3,(H,29,30). The van der Waals surface area contributed by atoms with Crippen molar-refractivity contribution in [3.8, 4) is 28.6 Å². The Morgan fingerprint density at radius 2 is 1.53 bits per heavy atom. The molecule has 160 valence electrons. The van der Waals surface area contributed by atoms with Gasteiger partial charge in [0.15, 0.2) is 11.5 Å². The molecule has 0 spiro atoms. The second-order valence-electron chi connectivity index (χ2n) is 7.40. The van der Waals surface area contributed by atoms with Crippen LogP contribution in [0.15, 0.2) is 79.1 Å². The maximum absolute atomic E-state index is 12.6. The highest BCUT2D eigenvalue weighted by Crippen LogP contribution is 2.31. The second-order valence-corrected chi connectivity index (χ2v) is 7.40. The molecular weight excluding hydrogens is 402 g/mol. The molecule has 0 saturated carbocycles. The summed E-state index contributed by atoms with van der Waals surface area (Å²) in [7, 11) is 1.59. The molecular formula is C26H23N3O3. The Bertz CT molecular complexity index is 1230. The number of ether oxygens (including phenoxy) is 2. The number of aromatic nitrogens is 2. The van der Waals surface area contributed by atoms with Gasteiger partial charge >= 0.3 is 0 Å². The minimum atomic E-state index is -0.163. The number of carbonyl (C=O) groups excluding carboxylic acids is 1. The predicted octanol–water partition coefficient (Wildman–Crippen LogP) is 5.81. The van der Waals surface area contributed by atoms with Gasteiger partial charge in [-0.25, -0.2) is 9.97 Å². The van der Waals surface area contributed by atoms with Gasteiger partial charge in [0, 0.05) is 22.9 Å². The summed E-state index contributed by atoms with van der Waals surface area (Å²) in [5.41, 5.74) is 5.08. The molecule has 0 aliphatic carbocycles. The summed E-state index contributed by atoms with van der Waals surface area (Å²) in [6, 6.07) is 22.3. The van der Waals surface area contributed by atoms with Gasteiger partial charge in [-0.05, 0) is 61.4 Å². The number of benzene rings is 3. The normalized spacial score (nSPS) is 10.5. The fourth-order valence-electron chi connectivity index (χ4n) is 3.41. The van der Waals surface area contributed by atoms with Crippen LogP contribution >= 0.6 is 0 Å². The summed E-state index contributed by atoms with van der Waals surface area (Å²) in [5.74, 6) is 1.42. The predicted molar refractivity (Wildman–Crippen MR) is 124 cm³/mol. The fraction of sp³-hybridized carbons (Fsp3) is 0.115. The van der Waals surface area contributed by atoms with Crippen LogP contribution in [0, 0.1) is 13.8 Å². The number of aryl methyl sites for hydroxylation is 2. The highest BCUT2D eigenvalue weighted by atomic mass is 16.5. The number of hydrogen-bond donors (Lipinski definition) is 1. The molecule has 0 aliphatic rings. The smallest absolute Gasteiger partial charge is 0.255 e.